The average Bonchev–Trinajstić information content (AvgIpc) is 2.35. The molecule has 0 aliphatic heterocycles. The van der Waals surface area contributed by atoms with Crippen LogP contribution in [0.1, 0.15) is 20.8 Å². The molecule has 110 valence electrons. The Morgan fingerprint density at radius 1 is 0.889 bits per heavy atom. The summed E-state index contributed by atoms with van der Waals surface area (Å²) in [5, 5.41) is 45.8. The molecule has 0 aromatic heterocycles. The van der Waals surface area contributed by atoms with Crippen molar-refractivity contribution in [3.05, 3.63) is 0 Å². The first-order valence-corrected chi connectivity index (χ1v) is 5.90. The molecule has 0 aliphatic rings. The maximum absolute atomic E-state index is 9.59. The summed E-state index contributed by atoms with van der Waals surface area (Å²) in [6.45, 7) is 3.69. The van der Waals surface area contributed by atoms with Crippen LogP contribution in [0.25, 0.3) is 0 Å². The number of ether oxygens (including phenoxy) is 2. The van der Waals surface area contributed by atoms with Gasteiger partial charge in [0.25, 0.3) is 0 Å². The lowest BCUT2D eigenvalue weighted by Gasteiger charge is -2.30. The molecule has 0 rings (SSSR count). The van der Waals surface area contributed by atoms with Crippen molar-refractivity contribution in [2.75, 3.05) is 13.2 Å². The minimum atomic E-state index is -1.33. The van der Waals surface area contributed by atoms with Gasteiger partial charge in [-0.1, -0.05) is 0 Å². The van der Waals surface area contributed by atoms with Crippen LogP contribution in [-0.2, 0) is 9.47 Å². The van der Waals surface area contributed by atoms with Gasteiger partial charge in [-0.25, -0.2) is 0 Å². The number of aliphatic hydroxyl groups excluding tert-OH is 5. The van der Waals surface area contributed by atoms with E-state index in [4.69, 9.17) is 19.7 Å². The third-order valence-electron chi connectivity index (χ3n) is 2.43. The van der Waals surface area contributed by atoms with Gasteiger partial charge in [0.15, 0.2) is 6.29 Å². The fourth-order valence-corrected chi connectivity index (χ4v) is 1.24. The average molecular weight is 268 g/mol. The van der Waals surface area contributed by atoms with E-state index >= 15 is 0 Å². The molecule has 7 nitrogen and oxygen atoms in total. The van der Waals surface area contributed by atoms with E-state index in [0.717, 1.165) is 0 Å². The largest absolute Gasteiger partial charge is 0.394 e. The summed E-state index contributed by atoms with van der Waals surface area (Å²) >= 11 is 0. The second kappa shape index (κ2) is 8.76. The lowest BCUT2D eigenvalue weighted by atomic mass is 10.1. The van der Waals surface area contributed by atoms with Crippen molar-refractivity contribution in [2.45, 2.75) is 57.6 Å². The Kier molecular flexibility index (Phi) is 8.62. The Morgan fingerprint density at radius 2 is 1.44 bits per heavy atom. The fraction of sp³-hybridized carbons (Fsp3) is 1.00. The zero-order chi connectivity index (χ0) is 14.3. The summed E-state index contributed by atoms with van der Waals surface area (Å²) in [7, 11) is 0. The van der Waals surface area contributed by atoms with Crippen LogP contribution in [0.3, 0.4) is 0 Å². The van der Waals surface area contributed by atoms with Gasteiger partial charge < -0.3 is 35.0 Å². The monoisotopic (exact) mass is 268 g/mol. The van der Waals surface area contributed by atoms with Crippen LogP contribution in [-0.4, -0.2) is 75.6 Å². The lowest BCUT2D eigenvalue weighted by Crippen LogP contribution is -2.44. The van der Waals surface area contributed by atoms with E-state index in [2.05, 4.69) is 0 Å². The quantitative estimate of drug-likeness (QED) is 0.313. The summed E-state index contributed by atoms with van der Waals surface area (Å²) in [5.41, 5.74) is 0. The SMILES string of the molecule is CC(CO)O[C@@H](O[C@H](C)[C@H](O)C(O)CO)[C@H](C)O. The lowest BCUT2D eigenvalue weighted by molar-refractivity contribution is -0.249. The van der Waals surface area contributed by atoms with Crippen LogP contribution in [0.15, 0.2) is 0 Å². The molecule has 5 N–H and O–H groups in total. The molecule has 0 aromatic carbocycles. The van der Waals surface area contributed by atoms with Gasteiger partial charge >= 0.3 is 0 Å². The number of hydrogen-bond donors (Lipinski definition) is 5. The number of hydrogen-bond acceptors (Lipinski definition) is 7. The van der Waals surface area contributed by atoms with Gasteiger partial charge in [-0.15, -0.1) is 0 Å². The van der Waals surface area contributed by atoms with Gasteiger partial charge in [0.05, 0.1) is 25.4 Å². The number of rotatable bonds is 9. The van der Waals surface area contributed by atoms with E-state index in [1.807, 2.05) is 0 Å². The van der Waals surface area contributed by atoms with Crippen molar-refractivity contribution >= 4 is 0 Å². The summed E-state index contributed by atoms with van der Waals surface area (Å²) in [5.74, 6) is 0. The Hall–Kier alpha value is -0.280. The van der Waals surface area contributed by atoms with Crippen LogP contribution >= 0.6 is 0 Å². The highest BCUT2D eigenvalue weighted by Crippen LogP contribution is 2.12. The first-order valence-electron chi connectivity index (χ1n) is 5.90. The summed E-state index contributed by atoms with van der Waals surface area (Å²) in [4.78, 5) is 0. The molecule has 0 bridgehead atoms. The van der Waals surface area contributed by atoms with Crippen molar-refractivity contribution in [2.24, 2.45) is 0 Å². The molecule has 0 spiro atoms. The van der Waals surface area contributed by atoms with Gasteiger partial charge in [-0.2, -0.15) is 0 Å². The molecule has 0 saturated heterocycles. The molecular weight excluding hydrogens is 244 g/mol. The molecule has 0 fully saturated rings. The molecule has 18 heavy (non-hydrogen) atoms. The molecule has 6 atom stereocenters. The molecule has 0 radical (unpaired) electrons. The van der Waals surface area contributed by atoms with E-state index in [1.165, 1.54) is 13.8 Å². The maximum atomic E-state index is 9.59. The molecule has 2 unspecified atom stereocenters. The summed E-state index contributed by atoms with van der Waals surface area (Å²) in [6.07, 6.45) is -6.02. The zero-order valence-corrected chi connectivity index (χ0v) is 10.9. The summed E-state index contributed by atoms with van der Waals surface area (Å²) in [6, 6.07) is 0. The van der Waals surface area contributed by atoms with E-state index < -0.39 is 43.4 Å². The zero-order valence-electron chi connectivity index (χ0n) is 10.9. The van der Waals surface area contributed by atoms with Crippen molar-refractivity contribution in [1.82, 2.24) is 0 Å². The molecule has 0 saturated carbocycles. The predicted molar refractivity (Wildman–Crippen MR) is 62.7 cm³/mol. The minimum Gasteiger partial charge on any atom is -0.394 e. The first-order chi connectivity index (χ1) is 8.33. The number of aliphatic hydroxyl groups is 5. The standard InChI is InChI=1S/C11H24O7/c1-6(4-12)17-11(7(2)14)18-8(3)10(16)9(15)5-13/h6-16H,4-5H2,1-3H3/t6?,7-,8+,9?,10-,11-/m0/s1. The summed E-state index contributed by atoms with van der Waals surface area (Å²) < 4.78 is 10.5. The van der Waals surface area contributed by atoms with Gasteiger partial charge in [-0.05, 0) is 20.8 Å². The van der Waals surface area contributed by atoms with Gasteiger partial charge in [0.1, 0.15) is 18.3 Å². The van der Waals surface area contributed by atoms with E-state index in [1.54, 1.807) is 6.92 Å². The first kappa shape index (κ1) is 17.7. The van der Waals surface area contributed by atoms with Crippen LogP contribution < -0.4 is 0 Å². The normalized spacial score (nSPS) is 22.0. The second-order valence-electron chi connectivity index (χ2n) is 4.32. The topological polar surface area (TPSA) is 120 Å². The Labute approximate surface area is 107 Å². The Morgan fingerprint density at radius 3 is 1.83 bits per heavy atom. The molecule has 0 aliphatic carbocycles. The molecule has 0 amide bonds. The molecule has 7 heteroatoms. The predicted octanol–water partition coefficient (Wildman–Crippen LogP) is -1.79. The van der Waals surface area contributed by atoms with Gasteiger partial charge in [0, 0.05) is 0 Å². The van der Waals surface area contributed by atoms with Crippen molar-refractivity contribution in [3.8, 4) is 0 Å². The highest BCUT2D eigenvalue weighted by Gasteiger charge is 2.28. The van der Waals surface area contributed by atoms with Crippen LogP contribution in [0.5, 0.6) is 0 Å². The Bertz CT molecular complexity index is 212. The highest BCUT2D eigenvalue weighted by atomic mass is 16.7. The smallest absolute Gasteiger partial charge is 0.183 e. The van der Waals surface area contributed by atoms with Gasteiger partial charge in [-0.3, -0.25) is 0 Å². The van der Waals surface area contributed by atoms with E-state index in [0.29, 0.717) is 0 Å². The second-order valence-corrected chi connectivity index (χ2v) is 4.32. The highest BCUT2D eigenvalue weighted by molar-refractivity contribution is 4.74. The third-order valence-corrected chi connectivity index (χ3v) is 2.43. The maximum Gasteiger partial charge on any atom is 0.183 e. The van der Waals surface area contributed by atoms with Gasteiger partial charge in [0.2, 0.25) is 0 Å². The van der Waals surface area contributed by atoms with Crippen molar-refractivity contribution in [3.63, 3.8) is 0 Å². The van der Waals surface area contributed by atoms with Crippen LogP contribution in [0, 0.1) is 0 Å². The van der Waals surface area contributed by atoms with E-state index in [9.17, 15) is 15.3 Å². The molecule has 0 aromatic rings. The van der Waals surface area contributed by atoms with Crippen molar-refractivity contribution < 1.29 is 35.0 Å². The molecule has 0 heterocycles. The minimum absolute atomic E-state index is 0.233. The fourth-order valence-electron chi connectivity index (χ4n) is 1.24. The third kappa shape index (κ3) is 6.05. The van der Waals surface area contributed by atoms with Crippen molar-refractivity contribution in [1.29, 1.82) is 0 Å². The van der Waals surface area contributed by atoms with E-state index in [-0.39, 0.29) is 6.61 Å². The Balaban J connectivity index is 4.39. The van der Waals surface area contributed by atoms with Crippen LogP contribution in [0.2, 0.25) is 0 Å². The van der Waals surface area contributed by atoms with Crippen LogP contribution in [0.4, 0.5) is 0 Å². The molecular formula is C11H24O7.